The van der Waals surface area contributed by atoms with E-state index in [1.165, 1.54) is 0 Å². The molecule has 1 aromatic heterocycles. The number of Topliss-reactive ketones (excluding diaryl/α,β-unsaturated/α-hetero) is 2. The zero-order valence-electron chi connectivity index (χ0n) is 20.9. The summed E-state index contributed by atoms with van der Waals surface area (Å²) < 4.78 is 2.10. The van der Waals surface area contributed by atoms with Gasteiger partial charge in [-0.1, -0.05) is 72.3 Å². The van der Waals surface area contributed by atoms with Crippen LogP contribution in [0.2, 0.25) is 5.02 Å². The van der Waals surface area contributed by atoms with Gasteiger partial charge in [0.15, 0.2) is 11.6 Å². The number of rotatable bonds is 10. The molecule has 0 fully saturated rings. The van der Waals surface area contributed by atoms with Crippen LogP contribution in [0.5, 0.6) is 0 Å². The first-order chi connectivity index (χ1) is 17.8. The maximum Gasteiger partial charge on any atom is 0.235 e. The SMILES string of the molecule is Cc1cc(C(=O)C[C@@H](C(=O)Nc2ccccc2)C(=O)c2ccccc2)c(C)n1CCc1ccc(Cl)cc1. The molecule has 3 aromatic carbocycles. The summed E-state index contributed by atoms with van der Waals surface area (Å²) in [5.41, 5.74) is 4.44. The second kappa shape index (κ2) is 11.8. The normalized spacial score (nSPS) is 11.6. The molecule has 0 spiro atoms. The van der Waals surface area contributed by atoms with E-state index in [-0.39, 0.29) is 18.0 Å². The molecule has 4 rings (SSSR count). The van der Waals surface area contributed by atoms with E-state index in [4.69, 9.17) is 11.6 Å². The monoisotopic (exact) mass is 512 g/mol. The van der Waals surface area contributed by atoms with E-state index in [0.717, 1.165) is 23.4 Å². The molecule has 5 nitrogen and oxygen atoms in total. The van der Waals surface area contributed by atoms with Crippen LogP contribution in [-0.4, -0.2) is 22.0 Å². The Labute approximate surface area is 222 Å². The summed E-state index contributed by atoms with van der Waals surface area (Å²) >= 11 is 5.99. The van der Waals surface area contributed by atoms with Gasteiger partial charge in [-0.3, -0.25) is 14.4 Å². The third kappa shape index (κ3) is 6.43. The number of ketones is 2. The number of nitrogens with zero attached hydrogens (tertiary/aromatic N) is 1. The van der Waals surface area contributed by atoms with E-state index < -0.39 is 11.8 Å². The minimum absolute atomic E-state index is 0.214. The van der Waals surface area contributed by atoms with Crippen molar-refractivity contribution in [3.63, 3.8) is 0 Å². The third-order valence-electron chi connectivity index (χ3n) is 6.53. The summed E-state index contributed by atoms with van der Waals surface area (Å²) in [5, 5.41) is 3.49. The maximum atomic E-state index is 13.5. The Morgan fingerprint density at radius 1 is 0.865 bits per heavy atom. The lowest BCUT2D eigenvalue weighted by atomic mass is 9.90. The van der Waals surface area contributed by atoms with Crippen LogP contribution in [-0.2, 0) is 17.8 Å². The van der Waals surface area contributed by atoms with Crippen LogP contribution in [0.25, 0.3) is 0 Å². The van der Waals surface area contributed by atoms with Gasteiger partial charge in [-0.15, -0.1) is 0 Å². The Hall–Kier alpha value is -3.96. The summed E-state index contributed by atoms with van der Waals surface area (Å²) in [5.74, 6) is -2.25. The number of nitrogens with one attached hydrogen (secondary N) is 1. The van der Waals surface area contributed by atoms with Gasteiger partial charge in [-0.2, -0.15) is 0 Å². The Kier molecular flexibility index (Phi) is 8.36. The molecule has 0 saturated heterocycles. The molecule has 0 radical (unpaired) electrons. The van der Waals surface area contributed by atoms with Gasteiger partial charge >= 0.3 is 0 Å². The first-order valence-electron chi connectivity index (χ1n) is 12.2. The predicted octanol–water partition coefficient (Wildman–Crippen LogP) is 6.71. The highest BCUT2D eigenvalue weighted by atomic mass is 35.5. The smallest absolute Gasteiger partial charge is 0.235 e. The third-order valence-corrected chi connectivity index (χ3v) is 6.79. The van der Waals surface area contributed by atoms with Crippen LogP contribution in [0.1, 0.15) is 44.1 Å². The van der Waals surface area contributed by atoms with E-state index >= 15 is 0 Å². The minimum atomic E-state index is -1.15. The number of carbonyl (C=O) groups is 3. The summed E-state index contributed by atoms with van der Waals surface area (Å²) in [4.78, 5) is 40.1. The molecule has 6 heteroatoms. The summed E-state index contributed by atoms with van der Waals surface area (Å²) in [6.07, 6.45) is 0.573. The van der Waals surface area contributed by atoms with E-state index in [9.17, 15) is 14.4 Å². The summed E-state index contributed by atoms with van der Waals surface area (Å²) in [6.45, 7) is 4.56. The molecule has 0 saturated carbocycles. The second-order valence-electron chi connectivity index (χ2n) is 9.08. The predicted molar refractivity (Wildman–Crippen MR) is 147 cm³/mol. The van der Waals surface area contributed by atoms with Crippen molar-refractivity contribution in [1.82, 2.24) is 4.57 Å². The molecule has 37 heavy (non-hydrogen) atoms. The van der Waals surface area contributed by atoms with E-state index in [0.29, 0.717) is 28.4 Å². The van der Waals surface area contributed by atoms with Crippen LogP contribution in [0.15, 0.2) is 91.0 Å². The number of aryl methyl sites for hydroxylation is 2. The van der Waals surface area contributed by atoms with Gasteiger partial charge in [0.2, 0.25) is 5.91 Å². The Morgan fingerprint density at radius 3 is 2.14 bits per heavy atom. The molecule has 0 unspecified atom stereocenters. The molecule has 0 aliphatic rings. The number of benzene rings is 3. The standard InChI is InChI=1S/C31H29ClN2O3/c1-21-19-27(22(2)34(21)18-17-23-13-15-25(32)16-14-23)29(35)20-28(30(36)24-9-5-3-6-10-24)31(37)33-26-11-7-4-8-12-26/h3-16,19,28H,17-18,20H2,1-2H3,(H,33,37)/t28-/m1/s1. The van der Waals surface area contributed by atoms with Crippen LogP contribution in [0.3, 0.4) is 0 Å². The fraction of sp³-hybridized carbons (Fsp3) is 0.194. The van der Waals surface area contributed by atoms with Crippen molar-refractivity contribution in [3.8, 4) is 0 Å². The zero-order valence-corrected chi connectivity index (χ0v) is 21.7. The van der Waals surface area contributed by atoms with E-state index in [2.05, 4.69) is 9.88 Å². The average Bonchev–Trinajstić information content (AvgIpc) is 3.20. The Balaban J connectivity index is 1.55. The fourth-order valence-electron chi connectivity index (χ4n) is 4.47. The zero-order chi connectivity index (χ0) is 26.4. The lowest BCUT2D eigenvalue weighted by molar-refractivity contribution is -0.118. The first kappa shape index (κ1) is 26.1. The molecule has 188 valence electrons. The Bertz CT molecular complexity index is 1390. The van der Waals surface area contributed by atoms with Crippen molar-refractivity contribution in [2.24, 2.45) is 5.92 Å². The van der Waals surface area contributed by atoms with Crippen LogP contribution in [0.4, 0.5) is 5.69 Å². The maximum absolute atomic E-state index is 13.5. The van der Waals surface area contributed by atoms with Gasteiger partial charge in [0.05, 0.1) is 0 Å². The van der Waals surface area contributed by atoms with Crippen molar-refractivity contribution in [1.29, 1.82) is 0 Å². The van der Waals surface area contributed by atoms with Crippen LogP contribution in [0, 0.1) is 19.8 Å². The molecule has 1 atom stereocenters. The molecule has 1 heterocycles. The van der Waals surface area contributed by atoms with Crippen molar-refractivity contribution >= 4 is 34.8 Å². The number of carbonyl (C=O) groups excluding carboxylic acids is 3. The largest absolute Gasteiger partial charge is 0.348 e. The number of hydrogen-bond donors (Lipinski definition) is 1. The second-order valence-corrected chi connectivity index (χ2v) is 9.51. The van der Waals surface area contributed by atoms with Crippen LogP contribution >= 0.6 is 11.6 Å². The molecule has 0 aliphatic heterocycles. The van der Waals surface area contributed by atoms with Gasteiger partial charge < -0.3 is 9.88 Å². The van der Waals surface area contributed by atoms with E-state index in [1.54, 1.807) is 54.6 Å². The highest BCUT2D eigenvalue weighted by Crippen LogP contribution is 2.23. The number of hydrogen-bond acceptors (Lipinski definition) is 3. The molecule has 4 aromatic rings. The highest BCUT2D eigenvalue weighted by Gasteiger charge is 2.31. The quantitative estimate of drug-likeness (QED) is 0.189. The molecule has 0 aliphatic carbocycles. The average molecular weight is 513 g/mol. The number of anilines is 1. The van der Waals surface area contributed by atoms with Crippen molar-refractivity contribution in [2.45, 2.75) is 33.2 Å². The number of para-hydroxylation sites is 1. The summed E-state index contributed by atoms with van der Waals surface area (Å²) in [6, 6.07) is 27.1. The number of amides is 1. The summed E-state index contributed by atoms with van der Waals surface area (Å²) in [7, 11) is 0. The van der Waals surface area contributed by atoms with E-state index in [1.807, 2.05) is 50.2 Å². The molecule has 0 bridgehead atoms. The van der Waals surface area contributed by atoms with Crippen molar-refractivity contribution < 1.29 is 14.4 Å². The Morgan fingerprint density at radius 2 is 1.49 bits per heavy atom. The van der Waals surface area contributed by atoms with Crippen molar-refractivity contribution in [3.05, 3.63) is 124 Å². The van der Waals surface area contributed by atoms with Crippen LogP contribution < -0.4 is 5.32 Å². The van der Waals surface area contributed by atoms with Gasteiger partial charge in [0.25, 0.3) is 0 Å². The lowest BCUT2D eigenvalue weighted by Crippen LogP contribution is -2.32. The molecular formula is C31H29ClN2O3. The molecule has 1 amide bonds. The minimum Gasteiger partial charge on any atom is -0.348 e. The lowest BCUT2D eigenvalue weighted by Gasteiger charge is -2.16. The highest BCUT2D eigenvalue weighted by molar-refractivity contribution is 6.30. The van der Waals surface area contributed by atoms with Gasteiger partial charge in [0, 0.05) is 46.2 Å². The first-order valence-corrected chi connectivity index (χ1v) is 12.6. The van der Waals surface area contributed by atoms with Gasteiger partial charge in [0.1, 0.15) is 5.92 Å². The van der Waals surface area contributed by atoms with Gasteiger partial charge in [-0.05, 0) is 56.2 Å². The van der Waals surface area contributed by atoms with Gasteiger partial charge in [-0.25, -0.2) is 0 Å². The fourth-order valence-corrected chi connectivity index (χ4v) is 4.60. The number of aromatic nitrogens is 1. The topological polar surface area (TPSA) is 68.2 Å². The number of halogens is 1. The molecule has 1 N–H and O–H groups in total. The molecular weight excluding hydrogens is 484 g/mol. The van der Waals surface area contributed by atoms with Crippen molar-refractivity contribution in [2.75, 3.05) is 5.32 Å².